The lowest BCUT2D eigenvalue weighted by Crippen LogP contribution is -2.12. The van der Waals surface area contributed by atoms with E-state index < -0.39 is 0 Å². The first kappa shape index (κ1) is 18.3. The summed E-state index contributed by atoms with van der Waals surface area (Å²) in [7, 11) is 0. The molecule has 5 heteroatoms. The summed E-state index contributed by atoms with van der Waals surface area (Å²) in [5.41, 5.74) is 1.26. The monoisotopic (exact) mass is 391 g/mol. The summed E-state index contributed by atoms with van der Waals surface area (Å²) in [6.45, 7) is 5.30. The van der Waals surface area contributed by atoms with E-state index in [-0.39, 0.29) is 5.91 Å². The minimum Gasteiger partial charge on any atom is -0.494 e. The predicted octanol–water partition coefficient (Wildman–Crippen LogP) is 5.28. The number of halogens is 1. The van der Waals surface area contributed by atoms with Crippen molar-refractivity contribution < 1.29 is 14.3 Å². The molecule has 0 radical (unpaired) electrons. The standard InChI is InChI=1S/C19H22BrNO3/c1-3-5-11-24-18-10-9-14(12-17(18)20)19(22)21-15-7-6-8-16(13-15)23-4-2/h6-10,12-13H,3-5,11H2,1-2H3,(H,21,22). The molecule has 2 aromatic rings. The number of rotatable bonds is 8. The van der Waals surface area contributed by atoms with Gasteiger partial charge in [0.25, 0.3) is 5.91 Å². The lowest BCUT2D eigenvalue weighted by molar-refractivity contribution is 0.102. The second-order valence-corrected chi connectivity index (χ2v) is 6.12. The number of ether oxygens (including phenoxy) is 2. The molecule has 4 nitrogen and oxygen atoms in total. The van der Waals surface area contributed by atoms with Crippen LogP contribution in [0, 0.1) is 0 Å². The van der Waals surface area contributed by atoms with Gasteiger partial charge in [0.15, 0.2) is 0 Å². The van der Waals surface area contributed by atoms with Crippen molar-refractivity contribution in [3.63, 3.8) is 0 Å². The third-order valence-corrected chi connectivity index (χ3v) is 3.97. The van der Waals surface area contributed by atoms with E-state index in [1.807, 2.05) is 31.2 Å². The van der Waals surface area contributed by atoms with E-state index in [2.05, 4.69) is 28.2 Å². The van der Waals surface area contributed by atoms with Crippen LogP contribution in [0.5, 0.6) is 11.5 Å². The molecule has 0 unspecified atom stereocenters. The van der Waals surface area contributed by atoms with Crippen LogP contribution in [0.25, 0.3) is 0 Å². The molecule has 1 N–H and O–H groups in total. The van der Waals surface area contributed by atoms with Crippen molar-refractivity contribution in [2.75, 3.05) is 18.5 Å². The fourth-order valence-corrected chi connectivity index (χ4v) is 2.61. The average Bonchev–Trinajstić information content (AvgIpc) is 2.57. The number of carbonyl (C=O) groups is 1. The number of benzene rings is 2. The van der Waals surface area contributed by atoms with E-state index in [1.54, 1.807) is 18.2 Å². The number of hydrogen-bond acceptors (Lipinski definition) is 3. The quantitative estimate of drug-likeness (QED) is 0.622. The van der Waals surface area contributed by atoms with Crippen LogP contribution < -0.4 is 14.8 Å². The molecule has 0 aromatic heterocycles. The molecule has 0 bridgehead atoms. The molecule has 0 spiro atoms. The highest BCUT2D eigenvalue weighted by atomic mass is 79.9. The summed E-state index contributed by atoms with van der Waals surface area (Å²) in [6, 6.07) is 12.7. The average molecular weight is 392 g/mol. The maximum absolute atomic E-state index is 12.4. The fourth-order valence-electron chi connectivity index (χ4n) is 2.12. The smallest absolute Gasteiger partial charge is 0.255 e. The minimum absolute atomic E-state index is 0.176. The van der Waals surface area contributed by atoms with Crippen molar-refractivity contribution in [3.8, 4) is 11.5 Å². The van der Waals surface area contributed by atoms with Crippen molar-refractivity contribution in [1.82, 2.24) is 0 Å². The normalized spacial score (nSPS) is 10.3. The van der Waals surface area contributed by atoms with Gasteiger partial charge in [0.2, 0.25) is 0 Å². The summed E-state index contributed by atoms with van der Waals surface area (Å²) in [4.78, 5) is 12.4. The summed E-state index contributed by atoms with van der Waals surface area (Å²) >= 11 is 3.46. The Morgan fingerprint density at radius 2 is 1.96 bits per heavy atom. The van der Waals surface area contributed by atoms with Gasteiger partial charge in [-0.1, -0.05) is 19.4 Å². The number of amides is 1. The van der Waals surface area contributed by atoms with Crippen LogP contribution in [-0.4, -0.2) is 19.1 Å². The van der Waals surface area contributed by atoms with Crippen LogP contribution in [0.15, 0.2) is 46.9 Å². The molecule has 0 saturated heterocycles. The Morgan fingerprint density at radius 1 is 1.12 bits per heavy atom. The Hall–Kier alpha value is -2.01. The van der Waals surface area contributed by atoms with Gasteiger partial charge in [0.1, 0.15) is 11.5 Å². The first-order valence-corrected chi connectivity index (χ1v) is 8.90. The Morgan fingerprint density at radius 3 is 2.67 bits per heavy atom. The summed E-state index contributed by atoms with van der Waals surface area (Å²) in [6.07, 6.45) is 2.09. The number of unbranched alkanes of at least 4 members (excludes halogenated alkanes) is 1. The largest absolute Gasteiger partial charge is 0.494 e. The van der Waals surface area contributed by atoms with Gasteiger partial charge in [-0.05, 0) is 59.6 Å². The number of anilines is 1. The first-order valence-electron chi connectivity index (χ1n) is 8.10. The Kier molecular flexibility index (Phi) is 7.12. The molecule has 0 heterocycles. The highest BCUT2D eigenvalue weighted by Crippen LogP contribution is 2.27. The van der Waals surface area contributed by atoms with Crippen molar-refractivity contribution in [2.24, 2.45) is 0 Å². The Labute approximate surface area is 151 Å². The first-order chi connectivity index (χ1) is 11.6. The predicted molar refractivity (Wildman–Crippen MR) is 100 cm³/mol. The second kappa shape index (κ2) is 9.33. The number of carbonyl (C=O) groups excluding carboxylic acids is 1. The van der Waals surface area contributed by atoms with E-state index in [1.165, 1.54) is 0 Å². The highest BCUT2D eigenvalue weighted by molar-refractivity contribution is 9.10. The van der Waals surface area contributed by atoms with Crippen molar-refractivity contribution >= 4 is 27.5 Å². The molecular formula is C19H22BrNO3. The minimum atomic E-state index is -0.176. The van der Waals surface area contributed by atoms with E-state index in [0.29, 0.717) is 24.5 Å². The van der Waals surface area contributed by atoms with Crippen LogP contribution >= 0.6 is 15.9 Å². The van der Waals surface area contributed by atoms with E-state index in [4.69, 9.17) is 9.47 Å². The molecule has 0 fully saturated rings. The highest BCUT2D eigenvalue weighted by Gasteiger charge is 2.10. The van der Waals surface area contributed by atoms with Crippen LogP contribution in [0.3, 0.4) is 0 Å². The molecule has 24 heavy (non-hydrogen) atoms. The maximum atomic E-state index is 12.4. The van der Waals surface area contributed by atoms with Crippen LogP contribution in [0.1, 0.15) is 37.0 Å². The van der Waals surface area contributed by atoms with Gasteiger partial charge in [0.05, 0.1) is 17.7 Å². The zero-order chi connectivity index (χ0) is 17.4. The zero-order valence-corrected chi connectivity index (χ0v) is 15.6. The van der Waals surface area contributed by atoms with Gasteiger partial charge in [-0.2, -0.15) is 0 Å². The van der Waals surface area contributed by atoms with E-state index in [9.17, 15) is 4.79 Å². The van der Waals surface area contributed by atoms with Crippen LogP contribution in [0.2, 0.25) is 0 Å². The van der Waals surface area contributed by atoms with E-state index >= 15 is 0 Å². The molecule has 0 saturated carbocycles. The lowest BCUT2D eigenvalue weighted by atomic mass is 10.2. The van der Waals surface area contributed by atoms with Gasteiger partial charge in [-0.3, -0.25) is 4.79 Å². The molecule has 2 aromatic carbocycles. The summed E-state index contributed by atoms with van der Waals surface area (Å²) < 4.78 is 11.9. The Balaban J connectivity index is 2.04. The topological polar surface area (TPSA) is 47.6 Å². The van der Waals surface area contributed by atoms with Gasteiger partial charge >= 0.3 is 0 Å². The van der Waals surface area contributed by atoms with Gasteiger partial charge in [-0.15, -0.1) is 0 Å². The molecule has 0 aliphatic rings. The molecule has 0 atom stereocenters. The summed E-state index contributed by atoms with van der Waals surface area (Å²) in [5.74, 6) is 1.30. The van der Waals surface area contributed by atoms with Crippen molar-refractivity contribution in [1.29, 1.82) is 0 Å². The van der Waals surface area contributed by atoms with Gasteiger partial charge < -0.3 is 14.8 Å². The molecule has 0 aliphatic heterocycles. The molecular weight excluding hydrogens is 370 g/mol. The molecule has 0 aliphatic carbocycles. The third kappa shape index (κ3) is 5.27. The number of hydrogen-bond donors (Lipinski definition) is 1. The zero-order valence-electron chi connectivity index (χ0n) is 14.0. The Bertz CT molecular complexity index is 688. The second-order valence-electron chi connectivity index (χ2n) is 5.26. The molecule has 1 amide bonds. The lowest BCUT2D eigenvalue weighted by Gasteiger charge is -2.10. The SMILES string of the molecule is CCCCOc1ccc(C(=O)Nc2cccc(OCC)c2)cc1Br. The van der Waals surface area contributed by atoms with Crippen molar-refractivity contribution in [2.45, 2.75) is 26.7 Å². The van der Waals surface area contributed by atoms with Crippen LogP contribution in [-0.2, 0) is 0 Å². The third-order valence-electron chi connectivity index (χ3n) is 3.35. The van der Waals surface area contributed by atoms with Gasteiger partial charge in [-0.25, -0.2) is 0 Å². The fraction of sp³-hybridized carbons (Fsp3) is 0.316. The molecule has 128 valence electrons. The summed E-state index contributed by atoms with van der Waals surface area (Å²) in [5, 5.41) is 2.88. The van der Waals surface area contributed by atoms with Crippen molar-refractivity contribution in [3.05, 3.63) is 52.5 Å². The van der Waals surface area contributed by atoms with Crippen LogP contribution in [0.4, 0.5) is 5.69 Å². The van der Waals surface area contributed by atoms with Gasteiger partial charge in [0, 0.05) is 17.3 Å². The molecule has 2 rings (SSSR count). The van der Waals surface area contributed by atoms with E-state index in [0.717, 1.165) is 28.8 Å². The number of nitrogens with one attached hydrogen (secondary N) is 1. The maximum Gasteiger partial charge on any atom is 0.255 e.